The van der Waals surface area contributed by atoms with Crippen LogP contribution in [-0.4, -0.2) is 18.9 Å². The van der Waals surface area contributed by atoms with E-state index in [-0.39, 0.29) is 10.8 Å². The van der Waals surface area contributed by atoms with Gasteiger partial charge in [0.2, 0.25) is 0 Å². The van der Waals surface area contributed by atoms with Crippen molar-refractivity contribution in [3.05, 3.63) is 143 Å². The predicted molar refractivity (Wildman–Crippen MR) is 226 cm³/mol. The summed E-state index contributed by atoms with van der Waals surface area (Å²) in [6.07, 6.45) is 5.91. The number of rotatable bonds is 6. The van der Waals surface area contributed by atoms with Crippen LogP contribution >= 0.6 is 0 Å². The molecule has 0 saturated carbocycles. The lowest BCUT2D eigenvalue weighted by atomic mass is 9.57. The highest BCUT2D eigenvalue weighted by molar-refractivity contribution is 6.15. The summed E-state index contributed by atoms with van der Waals surface area (Å²) in [7, 11) is 0. The largest absolute Gasteiger partial charge is 0.457 e. The van der Waals surface area contributed by atoms with E-state index < -0.39 is 6.85 Å². The van der Waals surface area contributed by atoms with Crippen LogP contribution in [0.15, 0.2) is 110 Å². The monoisotopic (exact) mass is 723 g/mol. The summed E-state index contributed by atoms with van der Waals surface area (Å²) in [5, 5.41) is 2.48. The Bertz CT molecular complexity index is 2960. The minimum absolute atomic E-state index is 0.273. The van der Waals surface area contributed by atoms with Crippen molar-refractivity contribution in [3.8, 4) is 39.7 Å². The maximum Gasteiger partial charge on any atom is 0.146 e. The number of imidazole rings is 2. The van der Waals surface area contributed by atoms with E-state index >= 15 is 0 Å². The number of ether oxygens (including phenoxy) is 1. The SMILES string of the molecule is [2H]C([2H])([2H])c1ccc2c3c1c1ccc(Oc4cccc(-c5cn(-c6c(C(C)C)cccc6C(C)C)cn5)c4)cc1c1nc4c(n13)C(C)(CCc1ccccc1-4)C2(C)C. The molecule has 1 aliphatic heterocycles. The zero-order valence-corrected chi connectivity index (χ0v) is 32.7. The second kappa shape index (κ2) is 11.9. The molecule has 0 bridgehead atoms. The van der Waals surface area contributed by atoms with Crippen molar-refractivity contribution in [2.24, 2.45) is 0 Å². The summed E-state index contributed by atoms with van der Waals surface area (Å²) in [4.78, 5) is 10.4. The quantitative estimate of drug-likeness (QED) is 0.160. The minimum Gasteiger partial charge on any atom is -0.457 e. The molecular formula is C50H48N4O. The fourth-order valence-electron chi connectivity index (χ4n) is 9.74. The van der Waals surface area contributed by atoms with Gasteiger partial charge in [0.25, 0.3) is 0 Å². The van der Waals surface area contributed by atoms with Crippen LogP contribution in [0.25, 0.3) is 55.5 Å². The average molecular weight is 724 g/mol. The van der Waals surface area contributed by atoms with Gasteiger partial charge in [0.1, 0.15) is 17.1 Å². The molecule has 0 saturated heterocycles. The van der Waals surface area contributed by atoms with Gasteiger partial charge in [-0.1, -0.05) is 115 Å². The fourth-order valence-corrected chi connectivity index (χ4v) is 9.74. The zero-order chi connectivity index (χ0) is 40.5. The summed E-state index contributed by atoms with van der Waals surface area (Å²) >= 11 is 0. The lowest BCUT2D eigenvalue weighted by molar-refractivity contribution is 0.247. The molecule has 5 aromatic carbocycles. The first-order chi connectivity index (χ1) is 27.7. The molecule has 0 radical (unpaired) electrons. The number of aryl methyl sites for hydroxylation is 2. The highest BCUT2D eigenvalue weighted by atomic mass is 16.5. The molecule has 55 heavy (non-hydrogen) atoms. The first-order valence-corrected chi connectivity index (χ1v) is 19.7. The van der Waals surface area contributed by atoms with Gasteiger partial charge in [0.15, 0.2) is 0 Å². The Morgan fingerprint density at radius 3 is 2.35 bits per heavy atom. The number of benzene rings is 5. The molecule has 274 valence electrons. The van der Waals surface area contributed by atoms with Crippen molar-refractivity contribution < 1.29 is 8.85 Å². The molecule has 0 fully saturated rings. The Balaban J connectivity index is 1.14. The second-order valence-electron chi connectivity index (χ2n) is 17.1. The first-order valence-electron chi connectivity index (χ1n) is 21.2. The van der Waals surface area contributed by atoms with Crippen LogP contribution in [-0.2, 0) is 17.3 Å². The Morgan fingerprint density at radius 2 is 1.56 bits per heavy atom. The summed E-state index contributed by atoms with van der Waals surface area (Å²) < 4.78 is 37.3. The van der Waals surface area contributed by atoms with Crippen LogP contribution in [0.1, 0.15) is 104 Å². The Kier molecular flexibility index (Phi) is 6.63. The van der Waals surface area contributed by atoms with E-state index in [1.54, 1.807) is 0 Å². The molecule has 5 heteroatoms. The van der Waals surface area contributed by atoms with Gasteiger partial charge in [0, 0.05) is 43.0 Å². The first kappa shape index (κ1) is 30.6. The molecule has 0 amide bonds. The number of para-hydroxylation sites is 1. The predicted octanol–water partition coefficient (Wildman–Crippen LogP) is 13.0. The van der Waals surface area contributed by atoms with Gasteiger partial charge in [-0.15, -0.1) is 0 Å². The molecule has 5 nitrogen and oxygen atoms in total. The van der Waals surface area contributed by atoms with Crippen LogP contribution < -0.4 is 4.74 Å². The van der Waals surface area contributed by atoms with Crippen molar-refractivity contribution in [2.45, 2.75) is 90.8 Å². The van der Waals surface area contributed by atoms with E-state index in [0.29, 0.717) is 28.9 Å². The minimum atomic E-state index is -2.32. The number of hydrogen-bond donors (Lipinski definition) is 0. The molecule has 4 heterocycles. The van der Waals surface area contributed by atoms with Crippen molar-refractivity contribution >= 4 is 27.3 Å². The molecule has 1 unspecified atom stereocenters. The van der Waals surface area contributed by atoms with Gasteiger partial charge in [0.05, 0.1) is 34.6 Å². The molecule has 8 aromatic rings. The van der Waals surface area contributed by atoms with Crippen LogP contribution in [0.2, 0.25) is 0 Å². The average Bonchev–Trinajstić information content (AvgIpc) is 3.83. The van der Waals surface area contributed by atoms with Crippen molar-refractivity contribution in [1.82, 2.24) is 18.9 Å². The molecule has 1 atom stereocenters. The van der Waals surface area contributed by atoms with Gasteiger partial charge < -0.3 is 9.30 Å². The van der Waals surface area contributed by atoms with Crippen LogP contribution in [0, 0.1) is 6.85 Å². The van der Waals surface area contributed by atoms with Crippen molar-refractivity contribution in [1.29, 1.82) is 0 Å². The number of hydrogen-bond acceptors (Lipinski definition) is 3. The Hall–Kier alpha value is -5.68. The molecule has 0 spiro atoms. The summed E-state index contributed by atoms with van der Waals surface area (Å²) in [5.41, 5.74) is 12.9. The number of nitrogens with zero attached hydrogens (tertiary/aromatic N) is 4. The molecule has 10 rings (SSSR count). The topological polar surface area (TPSA) is 44.3 Å². The van der Waals surface area contributed by atoms with E-state index in [9.17, 15) is 0 Å². The van der Waals surface area contributed by atoms with Gasteiger partial charge in [-0.05, 0) is 95.1 Å². The van der Waals surface area contributed by atoms with Gasteiger partial charge in [-0.2, -0.15) is 0 Å². The van der Waals surface area contributed by atoms with Gasteiger partial charge in [-0.3, -0.25) is 4.40 Å². The Labute approximate surface area is 327 Å². The van der Waals surface area contributed by atoms with E-state index in [4.69, 9.17) is 18.8 Å². The summed E-state index contributed by atoms with van der Waals surface area (Å²) in [5.74, 6) is 2.06. The van der Waals surface area contributed by atoms with Crippen molar-refractivity contribution in [3.63, 3.8) is 0 Å². The van der Waals surface area contributed by atoms with E-state index in [1.807, 2.05) is 48.8 Å². The smallest absolute Gasteiger partial charge is 0.146 e. The van der Waals surface area contributed by atoms with E-state index in [1.165, 1.54) is 22.4 Å². The second-order valence-corrected chi connectivity index (χ2v) is 17.1. The summed E-state index contributed by atoms with van der Waals surface area (Å²) in [6, 6.07) is 33.2. The molecule has 2 aliphatic rings. The molecule has 1 aliphatic carbocycles. The number of fused-ring (bicyclic) bond motifs is 5. The van der Waals surface area contributed by atoms with Crippen LogP contribution in [0.3, 0.4) is 0 Å². The van der Waals surface area contributed by atoms with E-state index in [0.717, 1.165) is 73.9 Å². The third-order valence-corrected chi connectivity index (χ3v) is 13.1. The number of pyridine rings is 1. The maximum atomic E-state index is 8.71. The van der Waals surface area contributed by atoms with Gasteiger partial charge in [-0.25, -0.2) is 9.97 Å². The van der Waals surface area contributed by atoms with Crippen molar-refractivity contribution in [2.75, 3.05) is 0 Å². The Morgan fingerprint density at radius 1 is 0.800 bits per heavy atom. The molecular weight excluding hydrogens is 673 g/mol. The van der Waals surface area contributed by atoms with Crippen LogP contribution in [0.4, 0.5) is 0 Å². The highest BCUT2D eigenvalue weighted by Crippen LogP contribution is 2.57. The third kappa shape index (κ3) is 4.78. The lowest BCUT2D eigenvalue weighted by Crippen LogP contribution is -2.46. The van der Waals surface area contributed by atoms with Gasteiger partial charge >= 0.3 is 0 Å². The fraction of sp³-hybridized carbons (Fsp3) is 0.280. The normalized spacial score (nSPS) is 18.2. The third-order valence-electron chi connectivity index (χ3n) is 13.1. The molecule has 3 aromatic heterocycles. The molecule has 0 N–H and O–H groups in total. The number of aromatic nitrogens is 4. The maximum absolute atomic E-state index is 8.71. The summed E-state index contributed by atoms with van der Waals surface area (Å²) in [6.45, 7) is 13.7. The lowest BCUT2D eigenvalue weighted by Gasteiger charge is -2.48. The highest BCUT2D eigenvalue weighted by Gasteiger charge is 2.52. The zero-order valence-electron chi connectivity index (χ0n) is 35.7. The van der Waals surface area contributed by atoms with Crippen LogP contribution in [0.5, 0.6) is 11.5 Å². The standard InChI is InChI=1S/C50H48N4O/c1-29(2)36-17-12-18-37(30(3)4)45(36)53-27-42(51-28-53)33-14-11-15-34(25-33)55-35-20-21-39-40(26-35)48-52-44-38-16-10-9-13-32(38)23-24-50(8)47(44)54(48)46-41(49(50,6)7)22-19-31(5)43(39)46/h9-22,25-30H,23-24H2,1-8H3/i5D3. The van der Waals surface area contributed by atoms with E-state index in [2.05, 4.69) is 118 Å².